The van der Waals surface area contributed by atoms with E-state index in [1.54, 1.807) is 4.90 Å². The van der Waals surface area contributed by atoms with Gasteiger partial charge in [0.05, 0.1) is 11.8 Å². The lowest BCUT2D eigenvalue weighted by Crippen LogP contribution is -2.38. The fourth-order valence-electron chi connectivity index (χ4n) is 2.98. The Balaban J connectivity index is 1.99. The second-order valence-electron chi connectivity index (χ2n) is 5.56. The van der Waals surface area contributed by atoms with Gasteiger partial charge in [0.1, 0.15) is 29.0 Å². The molecule has 2 aliphatic heterocycles. The number of nitrogens with one attached hydrogen (secondary N) is 3. The monoisotopic (exact) mass is 328 g/mol. The summed E-state index contributed by atoms with van der Waals surface area (Å²) in [4.78, 5) is 6.16. The summed E-state index contributed by atoms with van der Waals surface area (Å²) in [6, 6.07) is 3.74. The average molecular weight is 328 g/mol. The van der Waals surface area contributed by atoms with E-state index < -0.39 is 11.6 Å². The first-order valence-electron chi connectivity index (χ1n) is 7.53. The van der Waals surface area contributed by atoms with E-state index in [1.807, 2.05) is 0 Å². The van der Waals surface area contributed by atoms with Crippen molar-refractivity contribution in [3.8, 4) is 0 Å². The van der Waals surface area contributed by atoms with Crippen LogP contribution in [0, 0.1) is 17.0 Å². The predicted octanol–water partition coefficient (Wildman–Crippen LogP) is 3.15. The smallest absolute Gasteiger partial charge is 0.153 e. The molecule has 0 amide bonds. The third-order valence-corrected chi connectivity index (χ3v) is 4.11. The highest BCUT2D eigenvalue weighted by Crippen LogP contribution is 2.34. The van der Waals surface area contributed by atoms with Crippen molar-refractivity contribution in [2.45, 2.75) is 12.8 Å². The Morgan fingerprint density at radius 2 is 2.04 bits per heavy atom. The fourth-order valence-corrected chi connectivity index (χ4v) is 2.98. The summed E-state index contributed by atoms with van der Waals surface area (Å²) < 4.78 is 28.7. The minimum Gasteiger partial charge on any atom is -0.325 e. The van der Waals surface area contributed by atoms with E-state index in [0.29, 0.717) is 30.3 Å². The van der Waals surface area contributed by atoms with Crippen LogP contribution in [0.15, 0.2) is 40.8 Å². The molecule has 0 fully saturated rings. The van der Waals surface area contributed by atoms with Gasteiger partial charge < -0.3 is 15.6 Å². The van der Waals surface area contributed by atoms with Gasteiger partial charge in [-0.3, -0.25) is 5.10 Å². The Labute approximate surface area is 136 Å². The lowest BCUT2D eigenvalue weighted by atomic mass is 10.0. The van der Waals surface area contributed by atoms with E-state index in [2.05, 4.69) is 20.5 Å². The van der Waals surface area contributed by atoms with Crippen LogP contribution in [0.3, 0.4) is 0 Å². The highest BCUT2D eigenvalue weighted by Gasteiger charge is 2.31. The van der Waals surface area contributed by atoms with Crippen molar-refractivity contribution in [2.75, 3.05) is 11.9 Å². The fraction of sp³-hybridized carbons (Fsp3) is 0.188. The van der Waals surface area contributed by atoms with Gasteiger partial charge >= 0.3 is 0 Å². The van der Waals surface area contributed by atoms with E-state index >= 15 is 0 Å². The minimum absolute atomic E-state index is 0.173. The first-order chi connectivity index (χ1) is 11.7. The highest BCUT2D eigenvalue weighted by molar-refractivity contribution is 6.04. The maximum absolute atomic E-state index is 14.4. The van der Waals surface area contributed by atoms with Crippen LogP contribution >= 0.6 is 0 Å². The van der Waals surface area contributed by atoms with Gasteiger partial charge in [-0.2, -0.15) is 5.10 Å². The predicted molar refractivity (Wildman–Crippen MR) is 86.5 cm³/mol. The molecule has 4 rings (SSSR count). The van der Waals surface area contributed by atoms with Crippen LogP contribution in [0.25, 0.3) is 0 Å². The van der Waals surface area contributed by atoms with E-state index in [0.717, 1.165) is 12.0 Å². The number of halogens is 2. The van der Waals surface area contributed by atoms with Gasteiger partial charge in [-0.1, -0.05) is 6.07 Å². The minimum atomic E-state index is -0.679. The number of benzene rings is 1. The van der Waals surface area contributed by atoms with Crippen molar-refractivity contribution in [3.63, 3.8) is 0 Å². The molecule has 0 spiro atoms. The number of aliphatic imine (C=N–C) groups is 1. The molecule has 8 heteroatoms. The Morgan fingerprint density at radius 3 is 2.79 bits per heavy atom. The van der Waals surface area contributed by atoms with Crippen LogP contribution in [-0.2, 0) is 0 Å². The lowest BCUT2D eigenvalue weighted by Gasteiger charge is -2.32. The summed E-state index contributed by atoms with van der Waals surface area (Å²) in [6.07, 6.45) is 4.21. The second-order valence-corrected chi connectivity index (χ2v) is 5.56. The summed E-state index contributed by atoms with van der Waals surface area (Å²) in [5.41, 5.74) is 1.02. The number of hydrogen-bond acceptors (Lipinski definition) is 5. The largest absolute Gasteiger partial charge is 0.325 e. The molecular weight excluding hydrogens is 314 g/mol. The van der Waals surface area contributed by atoms with Crippen molar-refractivity contribution < 1.29 is 8.78 Å². The molecule has 2 aromatic rings. The third kappa shape index (κ3) is 2.18. The van der Waals surface area contributed by atoms with Gasteiger partial charge in [0.2, 0.25) is 0 Å². The summed E-state index contributed by atoms with van der Waals surface area (Å²) in [7, 11) is 0. The van der Waals surface area contributed by atoms with E-state index in [-0.39, 0.29) is 11.4 Å². The molecule has 0 radical (unpaired) electrons. The number of anilines is 1. The topological polar surface area (TPSA) is 80.2 Å². The highest BCUT2D eigenvalue weighted by atomic mass is 19.1. The van der Waals surface area contributed by atoms with E-state index in [1.165, 1.54) is 30.6 Å². The Hall–Kier alpha value is -3.03. The van der Waals surface area contributed by atoms with Crippen LogP contribution in [0.2, 0.25) is 0 Å². The first kappa shape index (κ1) is 14.6. The summed E-state index contributed by atoms with van der Waals surface area (Å²) in [5, 5.41) is 17.5. The van der Waals surface area contributed by atoms with Crippen LogP contribution in [-0.4, -0.2) is 33.7 Å². The van der Waals surface area contributed by atoms with Crippen molar-refractivity contribution in [1.29, 1.82) is 5.41 Å². The molecule has 0 atom stereocenters. The molecule has 0 saturated heterocycles. The van der Waals surface area contributed by atoms with Crippen molar-refractivity contribution in [3.05, 3.63) is 53.0 Å². The summed E-state index contributed by atoms with van der Waals surface area (Å²) in [6.45, 7) is 0.546. The van der Waals surface area contributed by atoms with Gasteiger partial charge in [-0.05, 0) is 25.0 Å². The number of rotatable bonds is 2. The number of aromatic amines is 1. The van der Waals surface area contributed by atoms with Crippen LogP contribution in [0.4, 0.5) is 20.3 Å². The van der Waals surface area contributed by atoms with Crippen molar-refractivity contribution in [2.24, 2.45) is 4.99 Å². The zero-order chi connectivity index (χ0) is 16.7. The lowest BCUT2D eigenvalue weighted by molar-refractivity contribution is 0.463. The molecule has 0 unspecified atom stereocenters. The molecule has 0 bridgehead atoms. The molecule has 24 heavy (non-hydrogen) atoms. The maximum atomic E-state index is 14.4. The first-order valence-corrected chi connectivity index (χ1v) is 7.53. The second kappa shape index (κ2) is 5.55. The van der Waals surface area contributed by atoms with E-state index in [9.17, 15) is 8.78 Å². The summed E-state index contributed by atoms with van der Waals surface area (Å²) >= 11 is 0. The number of fused-ring (bicyclic) bond motifs is 2. The molecule has 1 aromatic heterocycles. The molecule has 3 N–H and O–H groups in total. The van der Waals surface area contributed by atoms with Crippen LogP contribution in [0.5, 0.6) is 0 Å². The quantitative estimate of drug-likeness (QED) is 0.741. The Morgan fingerprint density at radius 1 is 1.25 bits per heavy atom. The summed E-state index contributed by atoms with van der Waals surface area (Å²) in [5.74, 6) is -0.0556. The van der Waals surface area contributed by atoms with Gasteiger partial charge in [0, 0.05) is 18.3 Å². The number of aromatic nitrogens is 2. The molecule has 3 heterocycles. The SMILES string of the molecule is N=CC1=C2Nc3[nH]ncc3N=C(c3c(F)cccc3F)N2CCC1. The number of nitrogens with zero attached hydrogens (tertiary/aromatic N) is 3. The average Bonchev–Trinajstić information content (AvgIpc) is 2.95. The van der Waals surface area contributed by atoms with Crippen molar-refractivity contribution in [1.82, 2.24) is 15.1 Å². The third-order valence-electron chi connectivity index (χ3n) is 4.11. The number of H-pyrrole nitrogens is 1. The standard InChI is InChI=1S/C16H14F2N6/c17-10-4-1-5-11(18)13(10)16-21-12-8-20-23-14(12)22-15-9(7-19)3-2-6-24(15)16/h1,4-5,7-8,19H,2-3,6H2,(H2,20,22,23). The van der Waals surface area contributed by atoms with Gasteiger partial charge in [-0.15, -0.1) is 0 Å². The normalized spacial score (nSPS) is 16.8. The molecule has 1 aromatic carbocycles. The van der Waals surface area contributed by atoms with Gasteiger partial charge in [0.15, 0.2) is 5.82 Å². The van der Waals surface area contributed by atoms with Gasteiger partial charge in [-0.25, -0.2) is 13.8 Å². The van der Waals surface area contributed by atoms with Crippen LogP contribution in [0.1, 0.15) is 18.4 Å². The van der Waals surface area contributed by atoms with Gasteiger partial charge in [0.25, 0.3) is 0 Å². The van der Waals surface area contributed by atoms with Crippen molar-refractivity contribution >= 4 is 23.6 Å². The molecule has 122 valence electrons. The zero-order valence-corrected chi connectivity index (χ0v) is 12.6. The molecule has 0 saturated carbocycles. The molecule has 2 aliphatic rings. The molecule has 0 aliphatic carbocycles. The van der Waals surface area contributed by atoms with Crippen LogP contribution < -0.4 is 5.32 Å². The number of allylic oxidation sites excluding steroid dienone is 1. The number of hydrogen-bond donors (Lipinski definition) is 3. The zero-order valence-electron chi connectivity index (χ0n) is 12.6. The Kier molecular flexibility index (Phi) is 3.37. The molecule has 6 nitrogen and oxygen atoms in total. The van der Waals surface area contributed by atoms with E-state index in [4.69, 9.17) is 5.41 Å². The molecular formula is C16H14F2N6. The number of amidine groups is 1. The maximum Gasteiger partial charge on any atom is 0.153 e. The Bertz CT molecular complexity index is 862.